The molecule has 0 atom stereocenters. The molecular weight excluding hydrogens is 443 g/mol. The van der Waals surface area contributed by atoms with Crippen molar-refractivity contribution in [1.82, 2.24) is 15.2 Å². The number of aliphatic imine (C=N–C) groups is 1. The van der Waals surface area contributed by atoms with E-state index in [1.165, 1.54) is 10.9 Å². The van der Waals surface area contributed by atoms with Gasteiger partial charge < -0.3 is 19.9 Å². The Morgan fingerprint density at radius 2 is 1.88 bits per heavy atom. The largest absolute Gasteiger partial charge is 0.466 e. The molecule has 0 saturated carbocycles. The standard InChI is InChI=1S/C19H28N4O2.HI/c1-3-25-18(24)10-6-12-21-19(20-2)22-13-7-14-23-15-11-16-8-4-5-9-17(16)23;/h4-5,8-9,11,15H,3,6-7,10,12-14H2,1-2H3,(H2,20,21,22);1H. The Kier molecular flexibility index (Phi) is 10.8. The molecule has 0 aliphatic carbocycles. The zero-order chi connectivity index (χ0) is 17.9. The van der Waals surface area contributed by atoms with Crippen molar-refractivity contribution in [2.24, 2.45) is 4.99 Å². The summed E-state index contributed by atoms with van der Waals surface area (Å²) in [6.07, 6.45) is 4.29. The van der Waals surface area contributed by atoms with E-state index in [9.17, 15) is 4.79 Å². The van der Waals surface area contributed by atoms with E-state index in [4.69, 9.17) is 4.74 Å². The van der Waals surface area contributed by atoms with Gasteiger partial charge in [0.05, 0.1) is 6.61 Å². The predicted octanol–water partition coefficient (Wildman–Crippen LogP) is 3.16. The molecule has 0 radical (unpaired) electrons. The van der Waals surface area contributed by atoms with Gasteiger partial charge in [0.15, 0.2) is 5.96 Å². The van der Waals surface area contributed by atoms with E-state index in [1.807, 2.05) is 6.92 Å². The number of carbonyl (C=O) groups excluding carboxylic acids is 1. The Bertz CT molecular complexity index is 700. The van der Waals surface area contributed by atoms with Gasteiger partial charge in [-0.1, -0.05) is 18.2 Å². The van der Waals surface area contributed by atoms with Gasteiger partial charge in [-0.15, -0.1) is 24.0 Å². The topological polar surface area (TPSA) is 67.7 Å². The van der Waals surface area contributed by atoms with E-state index < -0.39 is 0 Å². The second kappa shape index (κ2) is 12.6. The van der Waals surface area contributed by atoms with E-state index in [-0.39, 0.29) is 29.9 Å². The smallest absolute Gasteiger partial charge is 0.305 e. The number of nitrogens with zero attached hydrogens (tertiary/aromatic N) is 2. The zero-order valence-electron chi connectivity index (χ0n) is 15.5. The highest BCUT2D eigenvalue weighted by Gasteiger charge is 2.03. The van der Waals surface area contributed by atoms with Crippen LogP contribution in [0.5, 0.6) is 0 Å². The first-order valence-electron chi connectivity index (χ1n) is 8.88. The predicted molar refractivity (Wildman–Crippen MR) is 117 cm³/mol. The fourth-order valence-corrected chi connectivity index (χ4v) is 2.69. The number of nitrogens with one attached hydrogen (secondary N) is 2. The maximum atomic E-state index is 11.3. The first-order chi connectivity index (χ1) is 12.2. The number of fused-ring (bicyclic) bond motifs is 1. The second-order valence-corrected chi connectivity index (χ2v) is 5.76. The van der Waals surface area contributed by atoms with Crippen molar-refractivity contribution < 1.29 is 9.53 Å². The Morgan fingerprint density at radius 3 is 2.62 bits per heavy atom. The average molecular weight is 472 g/mol. The lowest BCUT2D eigenvalue weighted by atomic mass is 10.2. The first kappa shape index (κ1) is 22.3. The molecule has 0 aliphatic heterocycles. The van der Waals surface area contributed by atoms with Crippen LogP contribution in [-0.2, 0) is 16.1 Å². The van der Waals surface area contributed by atoms with Gasteiger partial charge >= 0.3 is 5.97 Å². The Morgan fingerprint density at radius 1 is 1.15 bits per heavy atom. The first-order valence-corrected chi connectivity index (χ1v) is 8.88. The minimum Gasteiger partial charge on any atom is -0.466 e. The van der Waals surface area contributed by atoms with E-state index in [2.05, 4.69) is 56.7 Å². The number of carbonyl (C=O) groups is 1. The third-order valence-corrected chi connectivity index (χ3v) is 3.93. The molecule has 144 valence electrons. The van der Waals surface area contributed by atoms with E-state index in [0.29, 0.717) is 19.6 Å². The molecule has 0 saturated heterocycles. The van der Waals surface area contributed by atoms with Crippen molar-refractivity contribution in [3.8, 4) is 0 Å². The van der Waals surface area contributed by atoms with Crippen molar-refractivity contribution >= 4 is 46.8 Å². The molecule has 7 heteroatoms. The lowest BCUT2D eigenvalue weighted by Crippen LogP contribution is -2.38. The van der Waals surface area contributed by atoms with E-state index in [1.54, 1.807) is 7.05 Å². The van der Waals surface area contributed by atoms with Gasteiger partial charge in [-0.05, 0) is 37.3 Å². The number of aryl methyl sites for hydroxylation is 1. The summed E-state index contributed by atoms with van der Waals surface area (Å²) in [4.78, 5) is 15.5. The third-order valence-electron chi connectivity index (χ3n) is 3.93. The summed E-state index contributed by atoms with van der Waals surface area (Å²) in [6.45, 7) is 4.75. The Balaban J connectivity index is 0.00000338. The van der Waals surface area contributed by atoms with Gasteiger partial charge in [0, 0.05) is 44.8 Å². The minimum atomic E-state index is -0.147. The number of guanidine groups is 1. The second-order valence-electron chi connectivity index (χ2n) is 5.76. The number of hydrogen-bond donors (Lipinski definition) is 2. The molecule has 26 heavy (non-hydrogen) atoms. The summed E-state index contributed by atoms with van der Waals surface area (Å²) >= 11 is 0. The van der Waals surface area contributed by atoms with Gasteiger partial charge in [-0.3, -0.25) is 9.79 Å². The van der Waals surface area contributed by atoms with Crippen molar-refractivity contribution in [1.29, 1.82) is 0 Å². The van der Waals surface area contributed by atoms with Crippen molar-refractivity contribution in [2.75, 3.05) is 26.7 Å². The van der Waals surface area contributed by atoms with Crippen LogP contribution in [0.3, 0.4) is 0 Å². The van der Waals surface area contributed by atoms with Gasteiger partial charge in [0.25, 0.3) is 0 Å². The molecule has 2 N–H and O–H groups in total. The van der Waals surface area contributed by atoms with Gasteiger partial charge in [0.2, 0.25) is 0 Å². The van der Waals surface area contributed by atoms with Gasteiger partial charge in [0.1, 0.15) is 0 Å². The number of benzene rings is 1. The average Bonchev–Trinajstić information content (AvgIpc) is 3.04. The monoisotopic (exact) mass is 472 g/mol. The molecule has 1 aromatic heterocycles. The molecule has 0 spiro atoms. The van der Waals surface area contributed by atoms with Crippen molar-refractivity contribution in [3.05, 3.63) is 36.5 Å². The third kappa shape index (κ3) is 7.23. The van der Waals surface area contributed by atoms with Gasteiger partial charge in [-0.25, -0.2) is 0 Å². The molecule has 0 unspecified atom stereocenters. The van der Waals surface area contributed by atoms with E-state index >= 15 is 0 Å². The summed E-state index contributed by atoms with van der Waals surface area (Å²) in [5.74, 6) is 0.618. The van der Waals surface area contributed by atoms with Crippen LogP contribution in [-0.4, -0.2) is 43.2 Å². The number of ether oxygens (including phenoxy) is 1. The molecular formula is C19H29IN4O2. The minimum absolute atomic E-state index is 0. The molecule has 6 nitrogen and oxygen atoms in total. The zero-order valence-corrected chi connectivity index (χ0v) is 17.9. The Labute approximate surface area is 172 Å². The SMILES string of the molecule is CCOC(=O)CCCNC(=NC)NCCCn1ccc2ccccc21.I. The highest BCUT2D eigenvalue weighted by atomic mass is 127. The maximum absolute atomic E-state index is 11.3. The molecule has 0 fully saturated rings. The molecule has 0 aliphatic rings. The van der Waals surface area contributed by atoms with Gasteiger partial charge in [-0.2, -0.15) is 0 Å². The highest BCUT2D eigenvalue weighted by Crippen LogP contribution is 2.15. The van der Waals surface area contributed by atoms with Crippen LogP contribution in [0.25, 0.3) is 10.9 Å². The molecule has 1 heterocycles. The lowest BCUT2D eigenvalue weighted by molar-refractivity contribution is -0.143. The number of hydrogen-bond acceptors (Lipinski definition) is 3. The normalized spacial score (nSPS) is 11.1. The van der Waals surface area contributed by atoms with Crippen LogP contribution in [0.4, 0.5) is 0 Å². The summed E-state index contributed by atoms with van der Waals surface area (Å²) in [5, 5.41) is 7.79. The van der Waals surface area contributed by atoms with Crippen LogP contribution in [0.15, 0.2) is 41.5 Å². The number of para-hydroxylation sites is 1. The van der Waals surface area contributed by atoms with Crippen LogP contribution >= 0.6 is 24.0 Å². The number of rotatable bonds is 9. The quantitative estimate of drug-likeness (QED) is 0.194. The summed E-state index contributed by atoms with van der Waals surface area (Å²) < 4.78 is 7.18. The summed E-state index contributed by atoms with van der Waals surface area (Å²) in [5.41, 5.74) is 1.27. The Hall–Kier alpha value is -1.77. The number of esters is 1. The fraction of sp³-hybridized carbons (Fsp3) is 0.474. The van der Waals surface area contributed by atoms with Crippen molar-refractivity contribution in [3.63, 3.8) is 0 Å². The van der Waals surface area contributed by atoms with Crippen LogP contribution in [0.2, 0.25) is 0 Å². The molecule has 2 aromatic rings. The summed E-state index contributed by atoms with van der Waals surface area (Å²) in [6, 6.07) is 10.6. The number of halogens is 1. The van der Waals surface area contributed by atoms with Crippen LogP contribution < -0.4 is 10.6 Å². The molecule has 0 amide bonds. The van der Waals surface area contributed by atoms with Crippen LogP contribution in [0.1, 0.15) is 26.2 Å². The molecule has 0 bridgehead atoms. The highest BCUT2D eigenvalue weighted by molar-refractivity contribution is 14.0. The molecule has 2 rings (SSSR count). The lowest BCUT2D eigenvalue weighted by Gasteiger charge is -2.12. The van der Waals surface area contributed by atoms with Crippen molar-refractivity contribution in [2.45, 2.75) is 32.7 Å². The number of aromatic nitrogens is 1. The summed E-state index contributed by atoms with van der Waals surface area (Å²) in [7, 11) is 1.75. The van der Waals surface area contributed by atoms with Crippen LogP contribution in [0, 0.1) is 0 Å². The molecule has 1 aromatic carbocycles. The fourth-order valence-electron chi connectivity index (χ4n) is 2.69. The van der Waals surface area contributed by atoms with E-state index in [0.717, 1.165) is 31.9 Å². The maximum Gasteiger partial charge on any atom is 0.305 e.